The molecule has 5 nitrogen and oxygen atoms in total. The Balaban J connectivity index is 1.88. The number of rotatable bonds is 3. The molecule has 0 bridgehead atoms. The second-order valence-electron chi connectivity index (χ2n) is 4.75. The van der Waals surface area contributed by atoms with Crippen molar-refractivity contribution in [3.8, 4) is 0 Å². The maximum atomic E-state index is 4.07. The summed E-state index contributed by atoms with van der Waals surface area (Å²) in [5, 5.41) is 10.4. The number of aryl methyl sites for hydroxylation is 1. The van der Waals surface area contributed by atoms with Gasteiger partial charge in [0.2, 0.25) is 0 Å². The van der Waals surface area contributed by atoms with Gasteiger partial charge in [0.25, 0.3) is 0 Å². The van der Waals surface area contributed by atoms with Crippen LogP contribution in [0.2, 0.25) is 0 Å². The molecule has 1 aliphatic rings. The van der Waals surface area contributed by atoms with E-state index in [-0.39, 0.29) is 0 Å². The first-order chi connectivity index (χ1) is 7.66. The predicted molar refractivity (Wildman–Crippen MR) is 62.5 cm³/mol. The van der Waals surface area contributed by atoms with Gasteiger partial charge in [-0.2, -0.15) is 0 Å². The third kappa shape index (κ3) is 2.59. The zero-order chi connectivity index (χ0) is 11.5. The lowest BCUT2D eigenvalue weighted by Crippen LogP contribution is -2.51. The highest BCUT2D eigenvalue weighted by Crippen LogP contribution is 2.20. The van der Waals surface area contributed by atoms with Crippen LogP contribution < -0.4 is 5.43 Å². The summed E-state index contributed by atoms with van der Waals surface area (Å²) < 4.78 is 1.74. The zero-order valence-electron chi connectivity index (χ0n) is 10.3. The lowest BCUT2D eigenvalue weighted by molar-refractivity contribution is 0.0431. The largest absolute Gasteiger partial charge is 0.255 e. The molecule has 0 amide bonds. The molecule has 1 aromatic heterocycles. The minimum atomic E-state index is 0.612. The van der Waals surface area contributed by atoms with Crippen LogP contribution in [0.3, 0.4) is 0 Å². The zero-order valence-corrected chi connectivity index (χ0v) is 10.3. The molecule has 1 N–H and O–H groups in total. The first-order valence-electron chi connectivity index (χ1n) is 6.04. The van der Waals surface area contributed by atoms with Crippen molar-refractivity contribution in [3.05, 3.63) is 11.9 Å². The molecule has 5 heteroatoms. The Labute approximate surface area is 96.8 Å². The van der Waals surface area contributed by atoms with E-state index in [1.165, 1.54) is 19.3 Å². The van der Waals surface area contributed by atoms with Gasteiger partial charge in [-0.15, -0.1) is 5.10 Å². The topological polar surface area (TPSA) is 46.0 Å². The number of hydrogen-bond donors (Lipinski definition) is 1. The van der Waals surface area contributed by atoms with E-state index in [1.807, 2.05) is 13.2 Å². The summed E-state index contributed by atoms with van der Waals surface area (Å²) in [4.78, 5) is 0. The fourth-order valence-electron chi connectivity index (χ4n) is 2.38. The van der Waals surface area contributed by atoms with E-state index in [4.69, 9.17) is 0 Å². The molecule has 1 aromatic rings. The number of hydrazine groups is 1. The van der Waals surface area contributed by atoms with Gasteiger partial charge in [-0.1, -0.05) is 11.6 Å². The fraction of sp³-hybridized carbons (Fsp3) is 0.818. The Kier molecular flexibility index (Phi) is 3.56. The molecule has 0 aromatic carbocycles. The molecule has 90 valence electrons. The summed E-state index contributed by atoms with van der Waals surface area (Å²) in [6.45, 7) is 5.32. The highest BCUT2D eigenvalue weighted by molar-refractivity contribution is 4.91. The normalized spacial score (nSPS) is 27.2. The van der Waals surface area contributed by atoms with E-state index in [0.717, 1.165) is 12.2 Å². The molecule has 2 rings (SSSR count). The van der Waals surface area contributed by atoms with Gasteiger partial charge in [0.15, 0.2) is 0 Å². The monoisotopic (exact) mass is 223 g/mol. The molecule has 1 fully saturated rings. The number of hydrogen-bond acceptors (Lipinski definition) is 4. The summed E-state index contributed by atoms with van der Waals surface area (Å²) in [6, 6.07) is 1.22. The maximum Gasteiger partial charge on any atom is 0.0978 e. The van der Waals surface area contributed by atoms with Crippen molar-refractivity contribution in [2.75, 3.05) is 0 Å². The molecule has 0 aliphatic carbocycles. The average molecular weight is 223 g/mol. The average Bonchev–Trinajstić information content (AvgIpc) is 2.63. The first-order valence-corrected chi connectivity index (χ1v) is 6.04. The van der Waals surface area contributed by atoms with E-state index in [9.17, 15) is 0 Å². The first kappa shape index (κ1) is 11.5. The van der Waals surface area contributed by atoms with Crippen LogP contribution in [0.4, 0.5) is 0 Å². The number of nitrogens with zero attached hydrogens (tertiary/aromatic N) is 4. The van der Waals surface area contributed by atoms with Gasteiger partial charge in [0.05, 0.1) is 12.2 Å². The van der Waals surface area contributed by atoms with Crippen molar-refractivity contribution < 1.29 is 0 Å². The standard InChI is InChI=1S/C11H21N5/c1-9-5-4-6-10(2)16(9)12-7-11-8-15(3)14-13-11/h8-10,12H,4-7H2,1-3H3. The molecule has 1 saturated heterocycles. The summed E-state index contributed by atoms with van der Waals surface area (Å²) in [5.41, 5.74) is 4.46. The van der Waals surface area contributed by atoms with E-state index >= 15 is 0 Å². The Morgan fingerprint density at radius 2 is 2.06 bits per heavy atom. The lowest BCUT2D eigenvalue weighted by atomic mass is 10.00. The highest BCUT2D eigenvalue weighted by atomic mass is 15.5. The van der Waals surface area contributed by atoms with Crippen molar-refractivity contribution >= 4 is 0 Å². The van der Waals surface area contributed by atoms with Gasteiger partial charge < -0.3 is 0 Å². The molecular weight excluding hydrogens is 202 g/mol. The van der Waals surface area contributed by atoms with Crippen molar-refractivity contribution in [1.82, 2.24) is 25.4 Å². The van der Waals surface area contributed by atoms with Crippen LogP contribution in [-0.2, 0) is 13.6 Å². The molecule has 2 unspecified atom stereocenters. The van der Waals surface area contributed by atoms with Gasteiger partial charge in [-0.05, 0) is 26.7 Å². The van der Waals surface area contributed by atoms with Crippen LogP contribution in [0.5, 0.6) is 0 Å². The van der Waals surface area contributed by atoms with Crippen molar-refractivity contribution in [3.63, 3.8) is 0 Å². The summed E-state index contributed by atoms with van der Waals surface area (Å²) in [5.74, 6) is 0. The van der Waals surface area contributed by atoms with Crippen LogP contribution in [0.15, 0.2) is 6.20 Å². The van der Waals surface area contributed by atoms with Crippen molar-refractivity contribution in [2.24, 2.45) is 7.05 Å². The van der Waals surface area contributed by atoms with E-state index in [2.05, 4.69) is 34.6 Å². The Morgan fingerprint density at radius 3 is 2.62 bits per heavy atom. The second-order valence-corrected chi connectivity index (χ2v) is 4.75. The second kappa shape index (κ2) is 4.93. The van der Waals surface area contributed by atoms with Gasteiger partial charge in [0, 0.05) is 25.3 Å². The van der Waals surface area contributed by atoms with E-state index < -0.39 is 0 Å². The van der Waals surface area contributed by atoms with E-state index in [1.54, 1.807) is 4.68 Å². The Bertz CT molecular complexity index is 325. The number of aromatic nitrogens is 3. The van der Waals surface area contributed by atoms with Gasteiger partial charge in [0.1, 0.15) is 0 Å². The molecular formula is C11H21N5. The third-order valence-corrected chi connectivity index (χ3v) is 3.29. The van der Waals surface area contributed by atoms with Crippen molar-refractivity contribution in [1.29, 1.82) is 0 Å². The molecule has 0 radical (unpaired) electrons. The van der Waals surface area contributed by atoms with Crippen molar-refractivity contribution in [2.45, 2.75) is 51.7 Å². The summed E-state index contributed by atoms with van der Waals surface area (Å²) >= 11 is 0. The van der Waals surface area contributed by atoms with E-state index in [0.29, 0.717) is 12.1 Å². The van der Waals surface area contributed by atoms with Gasteiger partial charge in [-0.3, -0.25) is 4.68 Å². The summed E-state index contributed by atoms with van der Waals surface area (Å²) in [6.07, 6.45) is 5.84. The number of piperidine rings is 1. The fourth-order valence-corrected chi connectivity index (χ4v) is 2.38. The molecule has 0 saturated carbocycles. The number of nitrogens with one attached hydrogen (secondary N) is 1. The quantitative estimate of drug-likeness (QED) is 0.833. The summed E-state index contributed by atoms with van der Waals surface area (Å²) in [7, 11) is 1.89. The Hall–Kier alpha value is -0.940. The highest BCUT2D eigenvalue weighted by Gasteiger charge is 2.24. The van der Waals surface area contributed by atoms with Crippen LogP contribution >= 0.6 is 0 Å². The minimum absolute atomic E-state index is 0.612. The van der Waals surface area contributed by atoms with Crippen LogP contribution in [0.25, 0.3) is 0 Å². The predicted octanol–water partition coefficient (Wildman–Crippen LogP) is 1.08. The molecule has 2 heterocycles. The van der Waals surface area contributed by atoms with Crippen LogP contribution in [0, 0.1) is 0 Å². The van der Waals surface area contributed by atoms with Crippen LogP contribution in [0.1, 0.15) is 38.8 Å². The maximum absolute atomic E-state index is 4.07. The SMILES string of the molecule is CC1CCCC(C)N1NCc1cn(C)nn1. The van der Waals surface area contributed by atoms with Crippen LogP contribution in [-0.4, -0.2) is 32.1 Å². The molecule has 1 aliphatic heterocycles. The molecule has 2 atom stereocenters. The van der Waals surface area contributed by atoms with Gasteiger partial charge >= 0.3 is 0 Å². The molecule has 16 heavy (non-hydrogen) atoms. The molecule has 0 spiro atoms. The lowest BCUT2D eigenvalue weighted by Gasteiger charge is -2.38. The van der Waals surface area contributed by atoms with Gasteiger partial charge in [-0.25, -0.2) is 10.4 Å². The smallest absolute Gasteiger partial charge is 0.0978 e. The third-order valence-electron chi connectivity index (χ3n) is 3.29. The Morgan fingerprint density at radius 1 is 1.38 bits per heavy atom. The minimum Gasteiger partial charge on any atom is -0.255 e.